The highest BCUT2D eigenvalue weighted by Crippen LogP contribution is 2.21. The van der Waals surface area contributed by atoms with Crippen molar-refractivity contribution in [3.8, 4) is 5.75 Å². The van der Waals surface area contributed by atoms with E-state index < -0.39 is 15.8 Å². The van der Waals surface area contributed by atoms with Crippen molar-refractivity contribution in [2.24, 2.45) is 5.14 Å². The maximum atomic E-state index is 13.1. The number of ether oxygens (including phenoxy) is 1. The lowest BCUT2D eigenvalue weighted by Crippen LogP contribution is -2.21. The summed E-state index contributed by atoms with van der Waals surface area (Å²) < 4.78 is 39.8. The SMILES string of the molecule is NS(=O)(=O)CCOc1cc(Br)ccc1F. The molecule has 0 fully saturated rings. The Labute approximate surface area is 95.4 Å². The fraction of sp³-hybridized carbons (Fsp3) is 0.250. The molecule has 1 aromatic carbocycles. The lowest BCUT2D eigenvalue weighted by Gasteiger charge is -2.06. The Balaban J connectivity index is 2.61. The van der Waals surface area contributed by atoms with Crippen molar-refractivity contribution in [2.75, 3.05) is 12.4 Å². The third-order valence-corrected chi connectivity index (χ3v) is 2.75. The highest BCUT2D eigenvalue weighted by molar-refractivity contribution is 9.10. The molecule has 7 heteroatoms. The van der Waals surface area contributed by atoms with Crippen LogP contribution in [-0.2, 0) is 10.0 Å². The molecule has 0 bridgehead atoms. The summed E-state index contributed by atoms with van der Waals surface area (Å²) in [7, 11) is -3.58. The van der Waals surface area contributed by atoms with Gasteiger partial charge in [-0.1, -0.05) is 15.9 Å². The first-order chi connectivity index (χ1) is 6.88. The number of primary sulfonamides is 1. The van der Waals surface area contributed by atoms with Gasteiger partial charge in [0.2, 0.25) is 10.0 Å². The van der Waals surface area contributed by atoms with Gasteiger partial charge in [0.25, 0.3) is 0 Å². The molecule has 1 rings (SSSR count). The lowest BCUT2D eigenvalue weighted by atomic mass is 10.3. The zero-order valence-corrected chi connectivity index (χ0v) is 10.0. The minimum atomic E-state index is -3.58. The van der Waals surface area contributed by atoms with Crippen LogP contribution >= 0.6 is 15.9 Å². The van der Waals surface area contributed by atoms with Crippen LogP contribution in [0.3, 0.4) is 0 Å². The van der Waals surface area contributed by atoms with Gasteiger partial charge in [-0.25, -0.2) is 17.9 Å². The minimum Gasteiger partial charge on any atom is -0.489 e. The van der Waals surface area contributed by atoms with E-state index in [1.54, 1.807) is 0 Å². The van der Waals surface area contributed by atoms with Crippen LogP contribution in [0, 0.1) is 5.82 Å². The molecule has 0 atom stereocenters. The van der Waals surface area contributed by atoms with Gasteiger partial charge >= 0.3 is 0 Å². The smallest absolute Gasteiger partial charge is 0.212 e. The van der Waals surface area contributed by atoms with Gasteiger partial charge in [0.15, 0.2) is 11.6 Å². The zero-order chi connectivity index (χ0) is 11.5. The first-order valence-corrected chi connectivity index (χ1v) is 6.47. The molecule has 0 saturated heterocycles. The molecule has 2 N–H and O–H groups in total. The Bertz CT molecular complexity index is 449. The summed E-state index contributed by atoms with van der Waals surface area (Å²) in [4.78, 5) is 0. The van der Waals surface area contributed by atoms with Gasteiger partial charge in [-0.15, -0.1) is 0 Å². The van der Waals surface area contributed by atoms with Crippen LogP contribution in [-0.4, -0.2) is 20.8 Å². The van der Waals surface area contributed by atoms with Gasteiger partial charge in [-0.05, 0) is 18.2 Å². The Morgan fingerprint density at radius 2 is 2.13 bits per heavy atom. The van der Waals surface area contributed by atoms with Crippen molar-refractivity contribution in [2.45, 2.75) is 0 Å². The zero-order valence-electron chi connectivity index (χ0n) is 7.61. The molecule has 0 amide bonds. The lowest BCUT2D eigenvalue weighted by molar-refractivity contribution is 0.322. The largest absolute Gasteiger partial charge is 0.489 e. The highest BCUT2D eigenvalue weighted by atomic mass is 79.9. The number of hydrogen-bond donors (Lipinski definition) is 1. The summed E-state index contributed by atoms with van der Waals surface area (Å²) in [6.07, 6.45) is 0. The van der Waals surface area contributed by atoms with Crippen LogP contribution < -0.4 is 9.88 Å². The van der Waals surface area contributed by atoms with Crippen LogP contribution in [0.2, 0.25) is 0 Å². The molecule has 0 aromatic heterocycles. The number of benzene rings is 1. The molecule has 0 heterocycles. The Morgan fingerprint density at radius 1 is 1.47 bits per heavy atom. The standard InChI is InChI=1S/C8H9BrFNO3S/c9-6-1-2-7(10)8(5-6)14-3-4-15(11,12)13/h1-2,5H,3-4H2,(H2,11,12,13). The molecule has 0 aliphatic rings. The predicted octanol–water partition coefficient (Wildman–Crippen LogP) is 1.26. The van der Waals surface area contributed by atoms with E-state index in [0.717, 1.165) is 0 Å². The van der Waals surface area contributed by atoms with Crippen molar-refractivity contribution in [3.63, 3.8) is 0 Å². The van der Waals surface area contributed by atoms with Crippen molar-refractivity contribution in [1.82, 2.24) is 0 Å². The van der Waals surface area contributed by atoms with Crippen LogP contribution in [0.4, 0.5) is 4.39 Å². The van der Waals surface area contributed by atoms with E-state index in [0.29, 0.717) is 4.47 Å². The van der Waals surface area contributed by atoms with E-state index in [1.807, 2.05) is 0 Å². The molecule has 15 heavy (non-hydrogen) atoms. The molecular weight excluding hydrogens is 289 g/mol. The van der Waals surface area contributed by atoms with E-state index in [-0.39, 0.29) is 18.1 Å². The second-order valence-electron chi connectivity index (χ2n) is 2.79. The normalized spacial score (nSPS) is 11.4. The summed E-state index contributed by atoms with van der Waals surface area (Å²) >= 11 is 3.14. The number of rotatable bonds is 4. The molecule has 1 aromatic rings. The van der Waals surface area contributed by atoms with Gasteiger partial charge < -0.3 is 4.74 Å². The summed E-state index contributed by atoms with van der Waals surface area (Å²) in [6, 6.07) is 4.15. The monoisotopic (exact) mass is 297 g/mol. The number of hydrogen-bond acceptors (Lipinski definition) is 3. The van der Waals surface area contributed by atoms with Gasteiger partial charge in [-0.3, -0.25) is 0 Å². The van der Waals surface area contributed by atoms with Crippen LogP contribution in [0.5, 0.6) is 5.75 Å². The Kier molecular flexibility index (Phi) is 4.06. The summed E-state index contributed by atoms with van der Waals surface area (Å²) in [6.45, 7) is -0.174. The van der Waals surface area contributed by atoms with Gasteiger partial charge in [0.05, 0.1) is 5.75 Å². The van der Waals surface area contributed by atoms with Gasteiger partial charge in [0, 0.05) is 4.47 Å². The van der Waals surface area contributed by atoms with Crippen LogP contribution in [0.25, 0.3) is 0 Å². The van der Waals surface area contributed by atoms with E-state index in [4.69, 9.17) is 9.88 Å². The first kappa shape index (κ1) is 12.4. The fourth-order valence-electron chi connectivity index (χ4n) is 0.856. The number of halogens is 2. The van der Waals surface area contributed by atoms with Gasteiger partial charge in [-0.2, -0.15) is 0 Å². The maximum absolute atomic E-state index is 13.1. The van der Waals surface area contributed by atoms with Crippen molar-refractivity contribution in [3.05, 3.63) is 28.5 Å². The fourth-order valence-corrected chi connectivity index (χ4v) is 1.51. The van der Waals surface area contributed by atoms with Crippen molar-refractivity contribution >= 4 is 26.0 Å². The van der Waals surface area contributed by atoms with E-state index >= 15 is 0 Å². The number of sulfonamides is 1. The quantitative estimate of drug-likeness (QED) is 0.909. The Morgan fingerprint density at radius 3 is 2.73 bits per heavy atom. The first-order valence-electron chi connectivity index (χ1n) is 3.97. The minimum absolute atomic E-state index is 0.00646. The molecule has 0 spiro atoms. The average molecular weight is 298 g/mol. The second-order valence-corrected chi connectivity index (χ2v) is 5.44. The van der Waals surface area contributed by atoms with Crippen LogP contribution in [0.1, 0.15) is 0 Å². The van der Waals surface area contributed by atoms with E-state index in [2.05, 4.69) is 15.9 Å². The summed E-state index contributed by atoms with van der Waals surface area (Å²) in [5.74, 6) is -0.903. The topological polar surface area (TPSA) is 69.4 Å². The third-order valence-electron chi connectivity index (χ3n) is 1.52. The summed E-state index contributed by atoms with van der Waals surface area (Å²) in [5, 5.41) is 4.76. The summed E-state index contributed by atoms with van der Waals surface area (Å²) in [5.41, 5.74) is 0. The highest BCUT2D eigenvalue weighted by Gasteiger charge is 2.06. The van der Waals surface area contributed by atoms with E-state index in [1.165, 1.54) is 18.2 Å². The second kappa shape index (κ2) is 4.91. The van der Waals surface area contributed by atoms with Gasteiger partial charge in [0.1, 0.15) is 6.61 Å². The van der Waals surface area contributed by atoms with Crippen molar-refractivity contribution < 1.29 is 17.5 Å². The molecule has 0 unspecified atom stereocenters. The molecule has 0 radical (unpaired) electrons. The molecule has 0 aliphatic heterocycles. The molecule has 4 nitrogen and oxygen atoms in total. The average Bonchev–Trinajstić information content (AvgIpc) is 2.09. The van der Waals surface area contributed by atoms with Crippen molar-refractivity contribution in [1.29, 1.82) is 0 Å². The molecule has 0 saturated carbocycles. The van der Waals surface area contributed by atoms with E-state index in [9.17, 15) is 12.8 Å². The number of nitrogens with two attached hydrogens (primary N) is 1. The molecular formula is C8H9BrFNO3S. The predicted molar refractivity (Wildman–Crippen MR) is 57.6 cm³/mol. The van der Waals surface area contributed by atoms with Crippen LogP contribution in [0.15, 0.2) is 22.7 Å². The molecule has 0 aliphatic carbocycles. The third kappa shape index (κ3) is 4.59. The molecule has 84 valence electrons. The maximum Gasteiger partial charge on any atom is 0.212 e. The Hall–Kier alpha value is -0.660.